The maximum atomic E-state index is 10.6. The third-order valence-corrected chi connectivity index (χ3v) is 5.92. The summed E-state index contributed by atoms with van der Waals surface area (Å²) in [5.74, 6) is 1.53. The van der Waals surface area contributed by atoms with Crippen LogP contribution < -0.4 is 9.47 Å². The van der Waals surface area contributed by atoms with Gasteiger partial charge >= 0.3 is 0 Å². The summed E-state index contributed by atoms with van der Waals surface area (Å²) in [6.45, 7) is 2.14. The van der Waals surface area contributed by atoms with Crippen LogP contribution in [0.4, 0.5) is 0 Å². The molecule has 0 radical (unpaired) electrons. The standard InChI is InChI=1S/C22H27NO5/c1-27-17-4-2-3-15(11-17)20(26)14-23-9-7-22(8-10-23)13-19(25)18-12-16(24)5-6-21(18)28-22/h2-6,11-12,19-20,24-26H,7-10,13-14H2,1H3. The van der Waals surface area contributed by atoms with Crippen LogP contribution in [0.2, 0.25) is 0 Å². The Hall–Kier alpha value is -2.28. The molecule has 6 nitrogen and oxygen atoms in total. The molecule has 2 aromatic carbocycles. The van der Waals surface area contributed by atoms with Gasteiger partial charge in [-0.15, -0.1) is 0 Å². The molecule has 0 amide bonds. The summed E-state index contributed by atoms with van der Waals surface area (Å²) in [6.07, 6.45) is 0.885. The average molecular weight is 385 g/mol. The van der Waals surface area contributed by atoms with Gasteiger partial charge in [0.1, 0.15) is 22.8 Å². The minimum absolute atomic E-state index is 0.138. The minimum Gasteiger partial charge on any atom is -0.508 e. The van der Waals surface area contributed by atoms with Crippen molar-refractivity contribution in [3.63, 3.8) is 0 Å². The molecule has 2 aliphatic rings. The van der Waals surface area contributed by atoms with E-state index >= 15 is 0 Å². The van der Waals surface area contributed by atoms with Crippen molar-refractivity contribution in [1.82, 2.24) is 4.90 Å². The van der Waals surface area contributed by atoms with Gasteiger partial charge in [-0.25, -0.2) is 0 Å². The smallest absolute Gasteiger partial charge is 0.126 e. The molecule has 2 aliphatic heterocycles. The highest BCUT2D eigenvalue weighted by Gasteiger charge is 2.43. The number of aliphatic hydroxyl groups is 2. The third-order valence-electron chi connectivity index (χ3n) is 5.92. The number of nitrogens with zero attached hydrogens (tertiary/aromatic N) is 1. The topological polar surface area (TPSA) is 82.4 Å². The van der Waals surface area contributed by atoms with Crippen LogP contribution in [0.1, 0.15) is 42.6 Å². The summed E-state index contributed by atoms with van der Waals surface area (Å²) < 4.78 is 11.5. The normalized spacial score (nSPS) is 22.3. The number of fused-ring (bicyclic) bond motifs is 1. The monoisotopic (exact) mass is 385 g/mol. The van der Waals surface area contributed by atoms with Crippen molar-refractivity contribution in [3.8, 4) is 17.2 Å². The van der Waals surface area contributed by atoms with Crippen LogP contribution in [-0.2, 0) is 0 Å². The molecule has 0 bridgehead atoms. The highest BCUT2D eigenvalue weighted by molar-refractivity contribution is 5.43. The highest BCUT2D eigenvalue weighted by atomic mass is 16.5. The summed E-state index contributed by atoms with van der Waals surface area (Å²) in [5.41, 5.74) is 1.11. The molecular weight excluding hydrogens is 358 g/mol. The van der Waals surface area contributed by atoms with Gasteiger partial charge in [0, 0.05) is 31.6 Å². The number of phenolic OH excluding ortho intramolecular Hbond substituents is 1. The number of methoxy groups -OCH3 is 1. The number of piperidine rings is 1. The second-order valence-electron chi connectivity index (χ2n) is 7.82. The van der Waals surface area contributed by atoms with Crippen molar-refractivity contribution in [3.05, 3.63) is 53.6 Å². The lowest BCUT2D eigenvalue weighted by atomic mass is 9.81. The predicted octanol–water partition coefficient (Wildman–Crippen LogP) is 2.78. The van der Waals surface area contributed by atoms with E-state index in [1.165, 1.54) is 0 Å². The summed E-state index contributed by atoms with van der Waals surface area (Å²) in [5, 5.41) is 30.8. The van der Waals surface area contributed by atoms with E-state index in [4.69, 9.17) is 9.47 Å². The highest BCUT2D eigenvalue weighted by Crippen LogP contribution is 2.45. The minimum atomic E-state index is -0.634. The van der Waals surface area contributed by atoms with Gasteiger partial charge in [-0.1, -0.05) is 12.1 Å². The van der Waals surface area contributed by atoms with Crippen LogP contribution in [0.5, 0.6) is 17.2 Å². The van der Waals surface area contributed by atoms with Crippen LogP contribution in [0.15, 0.2) is 42.5 Å². The second-order valence-corrected chi connectivity index (χ2v) is 7.82. The first-order valence-corrected chi connectivity index (χ1v) is 9.72. The molecule has 0 aromatic heterocycles. The molecule has 2 aromatic rings. The fraction of sp³-hybridized carbons (Fsp3) is 0.455. The van der Waals surface area contributed by atoms with Crippen LogP contribution in [-0.4, -0.2) is 52.6 Å². The molecule has 0 saturated carbocycles. The molecule has 4 rings (SSSR count). The van der Waals surface area contributed by atoms with Crippen LogP contribution >= 0.6 is 0 Å². The van der Waals surface area contributed by atoms with Gasteiger partial charge in [-0.3, -0.25) is 0 Å². The SMILES string of the molecule is COc1cccc(C(O)CN2CCC3(CC2)CC(O)c2cc(O)ccc2O3)c1. The summed E-state index contributed by atoms with van der Waals surface area (Å²) >= 11 is 0. The molecule has 1 saturated heterocycles. The Labute approximate surface area is 164 Å². The molecule has 3 N–H and O–H groups in total. The van der Waals surface area contributed by atoms with E-state index in [2.05, 4.69) is 4.90 Å². The van der Waals surface area contributed by atoms with Gasteiger partial charge in [0.25, 0.3) is 0 Å². The number of phenols is 1. The molecular formula is C22H27NO5. The fourth-order valence-corrected chi connectivity index (χ4v) is 4.27. The summed E-state index contributed by atoms with van der Waals surface area (Å²) in [4.78, 5) is 2.23. The van der Waals surface area contributed by atoms with Gasteiger partial charge < -0.3 is 29.7 Å². The van der Waals surface area contributed by atoms with Gasteiger partial charge in [-0.2, -0.15) is 0 Å². The first kappa shape index (κ1) is 19.1. The van der Waals surface area contributed by atoms with Crippen LogP contribution in [0.25, 0.3) is 0 Å². The Morgan fingerprint density at radius 3 is 2.75 bits per heavy atom. The van der Waals surface area contributed by atoms with Gasteiger partial charge in [0.2, 0.25) is 0 Å². The van der Waals surface area contributed by atoms with E-state index in [1.54, 1.807) is 25.3 Å². The van der Waals surface area contributed by atoms with Crippen molar-refractivity contribution >= 4 is 0 Å². The molecule has 1 spiro atoms. The number of likely N-dealkylation sites (tertiary alicyclic amines) is 1. The first-order valence-electron chi connectivity index (χ1n) is 9.72. The maximum absolute atomic E-state index is 10.6. The summed E-state index contributed by atoms with van der Waals surface area (Å²) in [6, 6.07) is 12.4. The van der Waals surface area contributed by atoms with Crippen molar-refractivity contribution in [1.29, 1.82) is 0 Å². The van der Waals surface area contributed by atoms with Gasteiger partial charge in [0.15, 0.2) is 0 Å². The van der Waals surface area contributed by atoms with Crippen molar-refractivity contribution < 1.29 is 24.8 Å². The van der Waals surface area contributed by atoms with E-state index in [1.807, 2.05) is 24.3 Å². The van der Waals surface area contributed by atoms with E-state index in [0.717, 1.165) is 37.2 Å². The number of benzene rings is 2. The molecule has 6 heteroatoms. The quantitative estimate of drug-likeness (QED) is 0.751. The Bertz CT molecular complexity index is 831. The number of rotatable bonds is 4. The largest absolute Gasteiger partial charge is 0.508 e. The van der Waals surface area contributed by atoms with E-state index in [-0.39, 0.29) is 11.4 Å². The second kappa shape index (κ2) is 7.62. The van der Waals surface area contributed by atoms with Gasteiger partial charge in [-0.05, 0) is 48.7 Å². The maximum Gasteiger partial charge on any atom is 0.126 e. The zero-order chi connectivity index (χ0) is 19.7. The Morgan fingerprint density at radius 1 is 1.21 bits per heavy atom. The molecule has 2 heterocycles. The molecule has 2 unspecified atom stereocenters. The Balaban J connectivity index is 1.38. The molecule has 28 heavy (non-hydrogen) atoms. The number of hydrogen-bond acceptors (Lipinski definition) is 6. The molecule has 1 fully saturated rings. The van der Waals surface area contributed by atoms with Crippen molar-refractivity contribution in [2.75, 3.05) is 26.7 Å². The Kier molecular flexibility index (Phi) is 5.19. The van der Waals surface area contributed by atoms with Crippen molar-refractivity contribution in [2.45, 2.75) is 37.1 Å². The lowest BCUT2D eigenvalue weighted by molar-refractivity contribution is -0.0588. The lowest BCUT2D eigenvalue weighted by Gasteiger charge is -2.46. The third kappa shape index (κ3) is 3.81. The van der Waals surface area contributed by atoms with E-state index in [0.29, 0.717) is 24.3 Å². The number of aliphatic hydroxyl groups excluding tert-OH is 2. The fourth-order valence-electron chi connectivity index (χ4n) is 4.27. The van der Waals surface area contributed by atoms with E-state index in [9.17, 15) is 15.3 Å². The number of ether oxygens (including phenoxy) is 2. The molecule has 150 valence electrons. The lowest BCUT2D eigenvalue weighted by Crippen LogP contribution is -2.51. The number of hydrogen-bond donors (Lipinski definition) is 3. The van der Waals surface area contributed by atoms with Gasteiger partial charge in [0.05, 0.1) is 19.3 Å². The molecule has 0 aliphatic carbocycles. The van der Waals surface area contributed by atoms with E-state index < -0.39 is 12.2 Å². The summed E-state index contributed by atoms with van der Waals surface area (Å²) in [7, 11) is 1.62. The zero-order valence-corrected chi connectivity index (χ0v) is 16.0. The Morgan fingerprint density at radius 2 is 2.00 bits per heavy atom. The van der Waals surface area contributed by atoms with Crippen molar-refractivity contribution in [2.24, 2.45) is 0 Å². The van der Waals surface area contributed by atoms with Crippen LogP contribution in [0.3, 0.4) is 0 Å². The molecule has 2 atom stereocenters. The zero-order valence-electron chi connectivity index (χ0n) is 16.0. The average Bonchev–Trinajstić information content (AvgIpc) is 2.70. The predicted molar refractivity (Wildman–Crippen MR) is 105 cm³/mol. The number of β-amino-alcohol motifs (C(OH)–C–C–N with tert-alkyl or cyclic N) is 1. The van der Waals surface area contributed by atoms with Crippen LogP contribution in [0, 0.1) is 0 Å². The first-order chi connectivity index (χ1) is 13.5. The number of aromatic hydroxyl groups is 1.